The number of nitrogen functional groups attached to an aromatic ring is 1. The second-order valence-electron chi connectivity index (χ2n) is 5.45. The molecule has 0 amide bonds. The first kappa shape index (κ1) is 17.9. The highest BCUT2D eigenvalue weighted by atomic mass is 16.1. The maximum absolute atomic E-state index is 10.6. The number of para-hydroxylation sites is 1. The molecule has 0 unspecified atom stereocenters. The molecule has 0 saturated heterocycles. The van der Waals surface area contributed by atoms with Crippen LogP contribution in [0.25, 0.3) is 21.9 Å². The summed E-state index contributed by atoms with van der Waals surface area (Å²) in [6, 6.07) is 7.98. The van der Waals surface area contributed by atoms with Crippen molar-refractivity contribution >= 4 is 34.0 Å². The minimum absolute atomic E-state index is 0.472. The first-order chi connectivity index (χ1) is 11.8. The van der Waals surface area contributed by atoms with Crippen LogP contribution in [0, 0.1) is 0 Å². The standard InChI is InChI=1S/C17H20N4O.CH5N/c1-2-7-14-20-15-16(21(14)10-5-6-11-22)12-8-3-4-9-13(12)19-17(15)18;1-2/h3-4,8-9,11H,2,5-7,10H2,1H3,(H2,18,19);2H2,1H3. The summed E-state index contributed by atoms with van der Waals surface area (Å²) in [4.78, 5) is 19.8. The average Bonchev–Trinajstić information content (AvgIpc) is 2.97. The highest BCUT2D eigenvalue weighted by molar-refractivity contribution is 6.06. The van der Waals surface area contributed by atoms with Gasteiger partial charge in [-0.05, 0) is 26.0 Å². The predicted molar refractivity (Wildman–Crippen MR) is 98.9 cm³/mol. The third kappa shape index (κ3) is 3.38. The molecule has 0 atom stereocenters. The minimum Gasteiger partial charge on any atom is -0.382 e. The Bertz CT molecular complexity index is 825. The zero-order valence-corrected chi connectivity index (χ0v) is 14.3. The van der Waals surface area contributed by atoms with Gasteiger partial charge in [0.15, 0.2) is 5.82 Å². The van der Waals surface area contributed by atoms with Crippen molar-refractivity contribution in [2.45, 2.75) is 39.2 Å². The number of aryl methyl sites for hydroxylation is 2. The lowest BCUT2D eigenvalue weighted by atomic mass is 10.2. The van der Waals surface area contributed by atoms with Crippen LogP contribution in [-0.2, 0) is 17.8 Å². The van der Waals surface area contributed by atoms with Gasteiger partial charge in [0, 0.05) is 24.8 Å². The zero-order valence-electron chi connectivity index (χ0n) is 14.3. The monoisotopic (exact) mass is 327 g/mol. The summed E-state index contributed by atoms with van der Waals surface area (Å²) in [6.45, 7) is 2.91. The van der Waals surface area contributed by atoms with Crippen molar-refractivity contribution in [3.8, 4) is 0 Å². The molecule has 3 rings (SSSR count). The molecule has 0 aliphatic rings. The average molecular weight is 327 g/mol. The lowest BCUT2D eigenvalue weighted by Gasteiger charge is -2.09. The van der Waals surface area contributed by atoms with Gasteiger partial charge in [0.05, 0.1) is 11.0 Å². The fraction of sp³-hybridized carbons (Fsp3) is 0.389. The molecule has 0 radical (unpaired) electrons. The Kier molecular flexibility index (Phi) is 6.26. The number of aldehydes is 1. The van der Waals surface area contributed by atoms with E-state index < -0.39 is 0 Å². The largest absolute Gasteiger partial charge is 0.382 e. The molecular weight excluding hydrogens is 302 g/mol. The Hall–Kier alpha value is -2.47. The lowest BCUT2D eigenvalue weighted by Crippen LogP contribution is -2.04. The number of unbranched alkanes of at least 4 members (excludes halogenated alkanes) is 1. The van der Waals surface area contributed by atoms with Crippen LogP contribution < -0.4 is 11.5 Å². The normalized spacial score (nSPS) is 10.6. The van der Waals surface area contributed by atoms with E-state index in [1.807, 2.05) is 18.2 Å². The number of benzene rings is 1. The molecule has 24 heavy (non-hydrogen) atoms. The molecule has 1 aromatic carbocycles. The van der Waals surface area contributed by atoms with Gasteiger partial charge < -0.3 is 20.8 Å². The van der Waals surface area contributed by atoms with E-state index >= 15 is 0 Å². The highest BCUT2D eigenvalue weighted by Gasteiger charge is 2.16. The van der Waals surface area contributed by atoms with Crippen molar-refractivity contribution in [2.75, 3.05) is 12.8 Å². The number of hydrogen-bond acceptors (Lipinski definition) is 5. The zero-order chi connectivity index (χ0) is 17.5. The number of anilines is 1. The number of nitrogens with zero attached hydrogens (tertiary/aromatic N) is 3. The summed E-state index contributed by atoms with van der Waals surface area (Å²) < 4.78 is 2.21. The maximum Gasteiger partial charge on any atom is 0.152 e. The Morgan fingerprint density at radius 3 is 2.67 bits per heavy atom. The number of carbonyl (C=O) groups is 1. The molecule has 0 bridgehead atoms. The van der Waals surface area contributed by atoms with Crippen molar-refractivity contribution in [1.29, 1.82) is 0 Å². The van der Waals surface area contributed by atoms with E-state index in [4.69, 9.17) is 10.7 Å². The Morgan fingerprint density at radius 1 is 1.21 bits per heavy atom. The van der Waals surface area contributed by atoms with Crippen LogP contribution in [0.15, 0.2) is 24.3 Å². The minimum atomic E-state index is 0.472. The van der Waals surface area contributed by atoms with Gasteiger partial charge in [-0.1, -0.05) is 25.1 Å². The number of carbonyl (C=O) groups excluding carboxylic acids is 1. The quantitative estimate of drug-likeness (QED) is 0.535. The molecule has 0 aliphatic heterocycles. The SMILES string of the molecule is CCCc1nc2c(N)nc3ccccc3c2n1CCCC=O.CN. The third-order valence-corrected chi connectivity index (χ3v) is 3.87. The molecule has 0 spiro atoms. The number of imidazole rings is 1. The summed E-state index contributed by atoms with van der Waals surface area (Å²) in [5.41, 5.74) is 13.3. The molecule has 0 saturated carbocycles. The Morgan fingerprint density at radius 2 is 1.96 bits per heavy atom. The fourth-order valence-corrected chi connectivity index (χ4v) is 2.89. The molecule has 6 nitrogen and oxygen atoms in total. The van der Waals surface area contributed by atoms with E-state index in [9.17, 15) is 4.79 Å². The molecule has 3 aromatic rings. The van der Waals surface area contributed by atoms with Gasteiger partial charge in [-0.2, -0.15) is 0 Å². The number of rotatable bonds is 6. The Labute approximate surface area is 141 Å². The van der Waals surface area contributed by atoms with Gasteiger partial charge in [0.25, 0.3) is 0 Å². The van der Waals surface area contributed by atoms with Gasteiger partial charge in [0.1, 0.15) is 17.6 Å². The summed E-state index contributed by atoms with van der Waals surface area (Å²) in [5.74, 6) is 1.49. The number of aromatic nitrogens is 3. The van der Waals surface area contributed by atoms with E-state index in [1.165, 1.54) is 7.05 Å². The Balaban J connectivity index is 0.00000100. The first-order valence-electron chi connectivity index (χ1n) is 8.31. The van der Waals surface area contributed by atoms with E-state index in [2.05, 4.69) is 28.3 Å². The van der Waals surface area contributed by atoms with Crippen LogP contribution in [0.5, 0.6) is 0 Å². The van der Waals surface area contributed by atoms with E-state index in [1.54, 1.807) is 0 Å². The summed E-state index contributed by atoms with van der Waals surface area (Å²) in [7, 11) is 1.50. The van der Waals surface area contributed by atoms with Gasteiger partial charge in [0.2, 0.25) is 0 Å². The molecular formula is C18H25N5O. The predicted octanol–water partition coefficient (Wildman–Crippen LogP) is 2.67. The van der Waals surface area contributed by atoms with Crippen LogP contribution in [0.3, 0.4) is 0 Å². The van der Waals surface area contributed by atoms with Gasteiger partial charge >= 0.3 is 0 Å². The molecule has 0 aliphatic carbocycles. The van der Waals surface area contributed by atoms with Crippen LogP contribution in [-0.4, -0.2) is 27.9 Å². The summed E-state index contributed by atoms with van der Waals surface area (Å²) in [6.07, 6.45) is 4.24. The number of hydrogen-bond donors (Lipinski definition) is 2. The second kappa shape index (κ2) is 8.40. The van der Waals surface area contributed by atoms with E-state index in [0.717, 1.165) is 59.9 Å². The van der Waals surface area contributed by atoms with Crippen LogP contribution >= 0.6 is 0 Å². The molecule has 6 heteroatoms. The fourth-order valence-electron chi connectivity index (χ4n) is 2.89. The van der Waals surface area contributed by atoms with E-state index in [-0.39, 0.29) is 0 Å². The van der Waals surface area contributed by atoms with Gasteiger partial charge in [-0.25, -0.2) is 9.97 Å². The molecule has 4 N–H and O–H groups in total. The lowest BCUT2D eigenvalue weighted by molar-refractivity contribution is -0.107. The maximum atomic E-state index is 10.6. The molecule has 128 valence electrons. The number of pyridine rings is 1. The van der Waals surface area contributed by atoms with Crippen molar-refractivity contribution in [3.63, 3.8) is 0 Å². The first-order valence-corrected chi connectivity index (χ1v) is 8.31. The van der Waals surface area contributed by atoms with Crippen molar-refractivity contribution < 1.29 is 4.79 Å². The van der Waals surface area contributed by atoms with Crippen molar-refractivity contribution in [3.05, 3.63) is 30.1 Å². The summed E-state index contributed by atoms with van der Waals surface area (Å²) >= 11 is 0. The van der Waals surface area contributed by atoms with E-state index in [0.29, 0.717) is 12.2 Å². The third-order valence-electron chi connectivity index (χ3n) is 3.87. The number of nitrogens with two attached hydrogens (primary N) is 2. The van der Waals surface area contributed by atoms with Gasteiger partial charge in [-0.3, -0.25) is 0 Å². The molecule has 2 aromatic heterocycles. The van der Waals surface area contributed by atoms with Gasteiger partial charge in [-0.15, -0.1) is 0 Å². The van der Waals surface area contributed by atoms with Crippen LogP contribution in [0.4, 0.5) is 5.82 Å². The molecule has 0 fully saturated rings. The topological polar surface area (TPSA) is 99.8 Å². The molecule has 2 heterocycles. The van der Waals surface area contributed by atoms with Crippen molar-refractivity contribution in [1.82, 2.24) is 14.5 Å². The second-order valence-corrected chi connectivity index (χ2v) is 5.45. The van der Waals surface area contributed by atoms with Crippen LogP contribution in [0.2, 0.25) is 0 Å². The number of fused-ring (bicyclic) bond motifs is 3. The van der Waals surface area contributed by atoms with Crippen molar-refractivity contribution in [2.24, 2.45) is 5.73 Å². The highest BCUT2D eigenvalue weighted by Crippen LogP contribution is 2.29. The smallest absolute Gasteiger partial charge is 0.152 e. The summed E-state index contributed by atoms with van der Waals surface area (Å²) in [5, 5.41) is 1.06. The van der Waals surface area contributed by atoms with Crippen LogP contribution in [0.1, 0.15) is 32.0 Å².